The van der Waals surface area contributed by atoms with E-state index in [4.69, 9.17) is 17.3 Å². The molecule has 1 rings (SSSR count). The predicted molar refractivity (Wildman–Crippen MR) is 61.2 cm³/mol. The minimum atomic E-state index is -0.515. The Balaban J connectivity index is 2.87. The summed E-state index contributed by atoms with van der Waals surface area (Å²) in [4.78, 5) is 26.6. The van der Waals surface area contributed by atoms with Crippen LogP contribution in [0.25, 0.3) is 0 Å². The normalized spacial score (nSPS) is 10.5. The fourth-order valence-corrected chi connectivity index (χ4v) is 1.24. The van der Waals surface area contributed by atoms with Gasteiger partial charge in [-0.3, -0.25) is 14.2 Å². The molecule has 0 radical (unpaired) electrons. The van der Waals surface area contributed by atoms with E-state index in [2.05, 4.69) is 10.3 Å². The maximum Gasteiger partial charge on any atom is 0.278 e. The Morgan fingerprint density at radius 1 is 1.69 bits per heavy atom. The van der Waals surface area contributed by atoms with Gasteiger partial charge >= 0.3 is 0 Å². The van der Waals surface area contributed by atoms with Gasteiger partial charge in [0, 0.05) is 6.04 Å². The molecule has 0 spiro atoms. The summed E-state index contributed by atoms with van der Waals surface area (Å²) in [5.41, 5.74) is 4.73. The van der Waals surface area contributed by atoms with Crippen molar-refractivity contribution in [1.29, 1.82) is 0 Å². The van der Waals surface area contributed by atoms with Crippen molar-refractivity contribution >= 4 is 23.2 Å². The van der Waals surface area contributed by atoms with Crippen LogP contribution in [0.2, 0.25) is 5.15 Å². The Morgan fingerprint density at radius 2 is 2.31 bits per heavy atom. The Morgan fingerprint density at radius 3 is 2.88 bits per heavy atom. The highest BCUT2D eigenvalue weighted by atomic mass is 35.5. The Labute approximate surface area is 97.4 Å². The van der Waals surface area contributed by atoms with Crippen LogP contribution in [0.5, 0.6) is 0 Å². The number of carbonyl (C=O) groups excluding carboxylic acids is 1. The summed E-state index contributed by atoms with van der Waals surface area (Å²) in [5.74, 6) is -0.277. The zero-order valence-electron chi connectivity index (χ0n) is 9.03. The Kier molecular flexibility index (Phi) is 3.89. The van der Waals surface area contributed by atoms with Gasteiger partial charge in [0.1, 0.15) is 12.2 Å². The number of nitrogen functional groups attached to an aromatic ring is 1. The topological polar surface area (TPSA) is 90.0 Å². The molecular weight excluding hydrogens is 232 g/mol. The predicted octanol–water partition coefficient (Wildman–Crippen LogP) is 0.00350. The van der Waals surface area contributed by atoms with Gasteiger partial charge in [-0.2, -0.15) is 0 Å². The monoisotopic (exact) mass is 244 g/mol. The van der Waals surface area contributed by atoms with Gasteiger partial charge < -0.3 is 11.1 Å². The number of nitrogens with zero attached hydrogens (tertiary/aromatic N) is 2. The number of amides is 1. The average Bonchev–Trinajstić information content (AvgIpc) is 2.18. The SMILES string of the molecule is CC(C)NC(=O)Cn1cnc(Cl)c(N)c1=O. The van der Waals surface area contributed by atoms with E-state index >= 15 is 0 Å². The van der Waals surface area contributed by atoms with E-state index in [1.807, 2.05) is 13.8 Å². The van der Waals surface area contributed by atoms with Crippen LogP contribution in [-0.2, 0) is 11.3 Å². The van der Waals surface area contributed by atoms with E-state index < -0.39 is 5.56 Å². The van der Waals surface area contributed by atoms with E-state index in [0.29, 0.717) is 0 Å². The van der Waals surface area contributed by atoms with Crippen molar-refractivity contribution in [3.8, 4) is 0 Å². The molecule has 0 saturated heterocycles. The molecule has 3 N–H and O–H groups in total. The van der Waals surface area contributed by atoms with Crippen molar-refractivity contribution in [2.24, 2.45) is 0 Å². The molecule has 88 valence electrons. The largest absolute Gasteiger partial charge is 0.392 e. The minimum absolute atomic E-state index is 0.0146. The van der Waals surface area contributed by atoms with Gasteiger partial charge in [0.15, 0.2) is 5.15 Å². The fourth-order valence-electron chi connectivity index (χ4n) is 1.12. The van der Waals surface area contributed by atoms with Gasteiger partial charge in [-0.15, -0.1) is 0 Å². The second-order valence-electron chi connectivity index (χ2n) is 3.60. The van der Waals surface area contributed by atoms with Crippen molar-refractivity contribution in [3.63, 3.8) is 0 Å². The summed E-state index contributed by atoms with van der Waals surface area (Å²) in [7, 11) is 0. The van der Waals surface area contributed by atoms with Crippen LogP contribution >= 0.6 is 11.6 Å². The summed E-state index contributed by atoms with van der Waals surface area (Å²) in [5, 5.41) is 2.60. The van der Waals surface area contributed by atoms with Crippen LogP contribution in [-0.4, -0.2) is 21.5 Å². The van der Waals surface area contributed by atoms with Crippen LogP contribution in [0.3, 0.4) is 0 Å². The average molecular weight is 245 g/mol. The van der Waals surface area contributed by atoms with Crippen LogP contribution in [0.1, 0.15) is 13.8 Å². The van der Waals surface area contributed by atoms with Gasteiger partial charge in [0.05, 0.1) is 6.33 Å². The first-order valence-corrected chi connectivity index (χ1v) is 5.09. The number of nitrogens with two attached hydrogens (primary N) is 1. The second-order valence-corrected chi connectivity index (χ2v) is 3.96. The summed E-state index contributed by atoms with van der Waals surface area (Å²) in [6.07, 6.45) is 1.20. The number of halogens is 1. The first-order valence-electron chi connectivity index (χ1n) is 4.71. The van der Waals surface area contributed by atoms with Crippen LogP contribution in [0, 0.1) is 0 Å². The van der Waals surface area contributed by atoms with E-state index in [1.54, 1.807) is 0 Å². The number of carbonyl (C=O) groups is 1. The maximum absolute atomic E-state index is 11.5. The van der Waals surface area contributed by atoms with Gasteiger partial charge in [0.2, 0.25) is 5.91 Å². The summed E-state index contributed by atoms with van der Waals surface area (Å²) in [6, 6.07) is 0.0146. The molecule has 0 aliphatic carbocycles. The van der Waals surface area contributed by atoms with Crippen LogP contribution in [0.15, 0.2) is 11.1 Å². The number of hydrogen-bond acceptors (Lipinski definition) is 4. The highest BCUT2D eigenvalue weighted by Gasteiger charge is 2.09. The number of anilines is 1. The molecule has 0 atom stereocenters. The molecule has 0 unspecified atom stereocenters. The molecule has 0 fully saturated rings. The van der Waals surface area contributed by atoms with Gasteiger partial charge in [-0.1, -0.05) is 11.6 Å². The van der Waals surface area contributed by atoms with E-state index in [1.165, 1.54) is 6.33 Å². The van der Waals surface area contributed by atoms with Gasteiger partial charge in [-0.05, 0) is 13.8 Å². The van der Waals surface area contributed by atoms with E-state index in [-0.39, 0.29) is 29.3 Å². The molecule has 7 heteroatoms. The smallest absolute Gasteiger partial charge is 0.278 e. The molecule has 0 bridgehead atoms. The number of aromatic nitrogens is 2. The molecule has 1 aromatic rings. The number of nitrogens with one attached hydrogen (secondary N) is 1. The summed E-state index contributed by atoms with van der Waals surface area (Å²) < 4.78 is 1.11. The number of rotatable bonds is 3. The standard InChI is InChI=1S/C9H13ClN4O2/c1-5(2)13-6(15)3-14-4-12-8(10)7(11)9(14)16/h4-5H,3,11H2,1-2H3,(H,13,15). The molecule has 6 nitrogen and oxygen atoms in total. The summed E-state index contributed by atoms with van der Waals surface area (Å²) >= 11 is 5.56. The molecule has 0 aromatic carbocycles. The molecule has 0 saturated carbocycles. The lowest BCUT2D eigenvalue weighted by Gasteiger charge is -2.09. The summed E-state index contributed by atoms with van der Waals surface area (Å²) in [6.45, 7) is 3.54. The molecule has 0 aliphatic heterocycles. The first-order chi connectivity index (χ1) is 7.41. The van der Waals surface area contributed by atoms with Crippen molar-refractivity contribution in [2.75, 3.05) is 5.73 Å². The highest BCUT2D eigenvalue weighted by molar-refractivity contribution is 6.31. The molecular formula is C9H13ClN4O2. The molecule has 16 heavy (non-hydrogen) atoms. The Bertz CT molecular complexity index is 455. The third kappa shape index (κ3) is 2.96. The maximum atomic E-state index is 11.5. The van der Waals surface area contributed by atoms with Crippen molar-refractivity contribution in [3.05, 3.63) is 21.8 Å². The lowest BCUT2D eigenvalue weighted by atomic mass is 10.4. The quantitative estimate of drug-likeness (QED) is 0.733. The van der Waals surface area contributed by atoms with Crippen molar-refractivity contribution in [2.45, 2.75) is 26.4 Å². The van der Waals surface area contributed by atoms with Crippen molar-refractivity contribution in [1.82, 2.24) is 14.9 Å². The van der Waals surface area contributed by atoms with Crippen LogP contribution in [0.4, 0.5) is 5.69 Å². The van der Waals surface area contributed by atoms with Gasteiger partial charge in [-0.25, -0.2) is 4.98 Å². The second kappa shape index (κ2) is 4.98. The highest BCUT2D eigenvalue weighted by Crippen LogP contribution is 2.07. The minimum Gasteiger partial charge on any atom is -0.392 e. The van der Waals surface area contributed by atoms with E-state index in [0.717, 1.165) is 4.57 Å². The zero-order valence-corrected chi connectivity index (χ0v) is 9.78. The molecule has 0 aliphatic rings. The first kappa shape index (κ1) is 12.5. The zero-order chi connectivity index (χ0) is 12.3. The van der Waals surface area contributed by atoms with E-state index in [9.17, 15) is 9.59 Å². The molecule has 1 heterocycles. The number of hydrogen-bond donors (Lipinski definition) is 2. The Hall–Kier alpha value is -1.56. The van der Waals surface area contributed by atoms with Crippen LogP contribution < -0.4 is 16.6 Å². The molecule has 1 amide bonds. The lowest BCUT2D eigenvalue weighted by molar-refractivity contribution is -0.122. The molecule has 1 aromatic heterocycles. The van der Waals surface area contributed by atoms with Gasteiger partial charge in [0.25, 0.3) is 5.56 Å². The fraction of sp³-hybridized carbons (Fsp3) is 0.444. The third-order valence-electron chi connectivity index (χ3n) is 1.79. The van der Waals surface area contributed by atoms with Crippen molar-refractivity contribution < 1.29 is 4.79 Å². The lowest BCUT2D eigenvalue weighted by Crippen LogP contribution is -2.36. The third-order valence-corrected chi connectivity index (χ3v) is 2.09.